The first-order valence-corrected chi connectivity index (χ1v) is 9.97. The monoisotopic (exact) mass is 328 g/mol. The van der Waals surface area contributed by atoms with Crippen molar-refractivity contribution in [3.63, 3.8) is 0 Å². The van der Waals surface area contributed by atoms with Crippen molar-refractivity contribution in [1.82, 2.24) is 0 Å². The highest BCUT2D eigenvalue weighted by Crippen LogP contribution is 2.69. The molecule has 2 nitrogen and oxygen atoms in total. The van der Waals surface area contributed by atoms with Crippen LogP contribution in [0.2, 0.25) is 0 Å². The van der Waals surface area contributed by atoms with Crippen LogP contribution in [-0.2, 0) is 9.59 Å². The predicted molar refractivity (Wildman–Crippen MR) is 95.5 cm³/mol. The molecule has 4 aliphatic rings. The van der Waals surface area contributed by atoms with Crippen molar-refractivity contribution in [3.05, 3.63) is 11.6 Å². The van der Waals surface area contributed by atoms with Gasteiger partial charge in [0.05, 0.1) is 0 Å². The quantitative estimate of drug-likeness (QED) is 0.670. The fourth-order valence-electron chi connectivity index (χ4n) is 7.40. The Balaban J connectivity index is 1.70. The molecule has 0 spiro atoms. The smallest absolute Gasteiger partial charge is 0.155 e. The summed E-state index contributed by atoms with van der Waals surface area (Å²) in [7, 11) is 0. The van der Waals surface area contributed by atoms with Gasteiger partial charge in [0, 0.05) is 11.8 Å². The third kappa shape index (κ3) is 1.89. The SMILES string of the molecule is CC(=O)[C@@]1(C)CCC2C3CCC4=CC(=O)CC[C@]4(C)C3CC[C@@]21C. The van der Waals surface area contributed by atoms with Gasteiger partial charge in [-0.15, -0.1) is 0 Å². The Bertz CT molecular complexity index is 632. The van der Waals surface area contributed by atoms with Gasteiger partial charge in [0.15, 0.2) is 5.78 Å². The Morgan fingerprint density at radius 2 is 1.71 bits per heavy atom. The predicted octanol–water partition coefficient (Wildman–Crippen LogP) is 5.11. The van der Waals surface area contributed by atoms with Gasteiger partial charge >= 0.3 is 0 Å². The molecule has 4 aliphatic carbocycles. The van der Waals surface area contributed by atoms with Crippen LogP contribution >= 0.6 is 0 Å². The van der Waals surface area contributed by atoms with Gasteiger partial charge in [-0.2, -0.15) is 0 Å². The van der Waals surface area contributed by atoms with Crippen LogP contribution in [0.1, 0.15) is 79.1 Å². The second kappa shape index (κ2) is 5.05. The molecule has 0 aromatic carbocycles. The van der Waals surface area contributed by atoms with E-state index in [-0.39, 0.29) is 16.2 Å². The van der Waals surface area contributed by atoms with E-state index in [1.807, 2.05) is 13.0 Å². The highest BCUT2D eigenvalue weighted by molar-refractivity contribution is 5.91. The molecule has 3 fully saturated rings. The lowest BCUT2D eigenvalue weighted by molar-refractivity contribution is -0.139. The number of ketones is 2. The van der Waals surface area contributed by atoms with Crippen molar-refractivity contribution in [2.75, 3.05) is 0 Å². The number of carbonyl (C=O) groups excluding carboxylic acids is 2. The Labute approximate surface area is 146 Å². The van der Waals surface area contributed by atoms with Crippen LogP contribution in [0.15, 0.2) is 11.6 Å². The summed E-state index contributed by atoms with van der Waals surface area (Å²) < 4.78 is 0. The fourth-order valence-corrected chi connectivity index (χ4v) is 7.40. The van der Waals surface area contributed by atoms with Crippen molar-refractivity contribution in [2.24, 2.45) is 34.0 Å². The molecule has 0 radical (unpaired) electrons. The normalized spacial score (nSPS) is 50.6. The zero-order chi connectivity index (χ0) is 17.3. The lowest BCUT2D eigenvalue weighted by atomic mass is 9.45. The average molecular weight is 328 g/mol. The molecule has 132 valence electrons. The molecular weight excluding hydrogens is 296 g/mol. The molecule has 0 bridgehead atoms. The molecule has 0 aliphatic heterocycles. The Hall–Kier alpha value is -0.920. The summed E-state index contributed by atoms with van der Waals surface area (Å²) in [6, 6.07) is 0. The maximum absolute atomic E-state index is 12.5. The van der Waals surface area contributed by atoms with Crippen LogP contribution in [0, 0.1) is 34.0 Å². The zero-order valence-electron chi connectivity index (χ0n) is 15.8. The summed E-state index contributed by atoms with van der Waals surface area (Å²) in [5, 5.41) is 0. The molecule has 24 heavy (non-hydrogen) atoms. The zero-order valence-corrected chi connectivity index (χ0v) is 15.8. The van der Waals surface area contributed by atoms with E-state index < -0.39 is 0 Å². The largest absolute Gasteiger partial charge is 0.299 e. The van der Waals surface area contributed by atoms with E-state index in [1.54, 1.807) is 0 Å². The van der Waals surface area contributed by atoms with Crippen molar-refractivity contribution >= 4 is 11.6 Å². The third-order valence-corrected chi connectivity index (χ3v) is 9.34. The fraction of sp³-hybridized carbons (Fsp3) is 0.818. The number of hydrogen-bond acceptors (Lipinski definition) is 2. The summed E-state index contributed by atoms with van der Waals surface area (Å²) in [6.07, 6.45) is 10.8. The maximum atomic E-state index is 12.5. The van der Waals surface area contributed by atoms with Gasteiger partial charge in [0.2, 0.25) is 0 Å². The third-order valence-electron chi connectivity index (χ3n) is 9.34. The van der Waals surface area contributed by atoms with Crippen molar-refractivity contribution in [3.8, 4) is 0 Å². The lowest BCUT2D eigenvalue weighted by Crippen LogP contribution is -2.53. The van der Waals surface area contributed by atoms with Gasteiger partial charge < -0.3 is 0 Å². The number of carbonyl (C=O) groups is 2. The van der Waals surface area contributed by atoms with E-state index in [0.29, 0.717) is 17.5 Å². The summed E-state index contributed by atoms with van der Waals surface area (Å²) in [5.41, 5.74) is 1.74. The second-order valence-electron chi connectivity index (χ2n) is 9.85. The summed E-state index contributed by atoms with van der Waals surface area (Å²) in [4.78, 5) is 24.4. The van der Waals surface area contributed by atoms with Crippen LogP contribution in [0.4, 0.5) is 0 Å². The molecule has 0 heterocycles. The average Bonchev–Trinajstić information content (AvgIpc) is 2.81. The van der Waals surface area contributed by atoms with Crippen LogP contribution in [0.3, 0.4) is 0 Å². The second-order valence-corrected chi connectivity index (χ2v) is 9.85. The Kier molecular flexibility index (Phi) is 3.48. The first-order valence-electron chi connectivity index (χ1n) is 9.97. The van der Waals surface area contributed by atoms with Crippen molar-refractivity contribution in [2.45, 2.75) is 79.1 Å². The minimum Gasteiger partial charge on any atom is -0.299 e. The summed E-state index contributed by atoms with van der Waals surface area (Å²) in [6.45, 7) is 8.91. The number of fused-ring (bicyclic) bond motifs is 5. The van der Waals surface area contributed by atoms with E-state index in [2.05, 4.69) is 20.8 Å². The molecule has 4 rings (SSSR count). The number of Topliss-reactive ketones (excluding diaryl/α,β-unsaturated/α-hetero) is 1. The minimum atomic E-state index is -0.123. The lowest BCUT2D eigenvalue weighted by Gasteiger charge is -2.59. The molecule has 6 atom stereocenters. The van der Waals surface area contributed by atoms with Crippen LogP contribution < -0.4 is 0 Å². The number of rotatable bonds is 1. The minimum absolute atomic E-state index is 0.123. The molecule has 0 saturated heterocycles. The highest BCUT2D eigenvalue weighted by Gasteiger charge is 2.63. The van der Waals surface area contributed by atoms with Gasteiger partial charge in [0.25, 0.3) is 0 Å². The van der Waals surface area contributed by atoms with E-state index in [9.17, 15) is 9.59 Å². The maximum Gasteiger partial charge on any atom is 0.155 e. The molecule has 0 aromatic rings. The molecular formula is C22H32O2. The number of allylic oxidation sites excluding steroid dienone is 1. The first-order chi connectivity index (χ1) is 11.2. The first kappa shape index (κ1) is 16.5. The Morgan fingerprint density at radius 1 is 1.00 bits per heavy atom. The molecule has 0 N–H and O–H groups in total. The van der Waals surface area contributed by atoms with E-state index in [1.165, 1.54) is 31.3 Å². The summed E-state index contributed by atoms with van der Waals surface area (Å²) >= 11 is 0. The molecule has 0 amide bonds. The van der Waals surface area contributed by atoms with E-state index >= 15 is 0 Å². The van der Waals surface area contributed by atoms with Crippen molar-refractivity contribution in [1.29, 1.82) is 0 Å². The van der Waals surface area contributed by atoms with Crippen molar-refractivity contribution < 1.29 is 9.59 Å². The molecule has 2 heteroatoms. The van der Waals surface area contributed by atoms with E-state index in [0.717, 1.165) is 37.5 Å². The van der Waals surface area contributed by atoms with Gasteiger partial charge in [0.1, 0.15) is 5.78 Å². The van der Waals surface area contributed by atoms with E-state index in [4.69, 9.17) is 0 Å². The van der Waals surface area contributed by atoms with Crippen LogP contribution in [-0.4, -0.2) is 11.6 Å². The topological polar surface area (TPSA) is 34.1 Å². The number of hydrogen-bond donors (Lipinski definition) is 0. The molecule has 0 aromatic heterocycles. The van der Waals surface area contributed by atoms with Gasteiger partial charge in [-0.3, -0.25) is 9.59 Å². The molecule has 3 saturated carbocycles. The van der Waals surface area contributed by atoms with Crippen LogP contribution in [0.25, 0.3) is 0 Å². The standard InChI is InChI=1S/C22H32O2/c1-14(23)21(3)11-9-19-17-6-5-15-13-16(24)7-10-20(15,2)18(17)8-12-22(19,21)4/h13,17-19H,5-12H2,1-4H3/t17?,18?,19?,20-,21+,22-/m0/s1. The van der Waals surface area contributed by atoms with Gasteiger partial charge in [-0.25, -0.2) is 0 Å². The molecule has 3 unspecified atom stereocenters. The summed E-state index contributed by atoms with van der Waals surface area (Å²) in [5.74, 6) is 2.91. The van der Waals surface area contributed by atoms with Gasteiger partial charge in [-0.05, 0) is 86.5 Å². The highest BCUT2D eigenvalue weighted by atomic mass is 16.1. The van der Waals surface area contributed by atoms with Gasteiger partial charge in [-0.1, -0.05) is 26.3 Å². The Morgan fingerprint density at radius 3 is 2.42 bits per heavy atom. The van der Waals surface area contributed by atoms with Crippen LogP contribution in [0.5, 0.6) is 0 Å².